The standard InChI is InChI=1S/C30H37N5O2/c1-23-20-27(21-24(2)32-23)33-29(37)31-16-19-35-17-14-30(15-18-35,26-12-8-5-9-13-26)28(36)34(3)22-25-10-6-4-7-11-25/h4-13,20-21H,14-19,22H2,1-3H3,(H2,31,32,33,37). The van der Waals surface area contributed by atoms with Crippen LogP contribution in [0.5, 0.6) is 0 Å². The average molecular weight is 500 g/mol. The van der Waals surface area contributed by atoms with Crippen LogP contribution in [-0.4, -0.2) is 59.9 Å². The number of carbonyl (C=O) groups is 2. The van der Waals surface area contributed by atoms with Crippen LogP contribution >= 0.6 is 0 Å². The van der Waals surface area contributed by atoms with E-state index >= 15 is 0 Å². The number of rotatable bonds is 8. The Kier molecular flexibility index (Phi) is 8.56. The van der Waals surface area contributed by atoms with Gasteiger partial charge < -0.3 is 20.4 Å². The number of anilines is 1. The molecule has 1 aromatic heterocycles. The third-order valence-corrected chi connectivity index (χ3v) is 7.11. The number of nitrogens with zero attached hydrogens (tertiary/aromatic N) is 3. The Hall–Kier alpha value is -3.71. The second-order valence-corrected chi connectivity index (χ2v) is 9.96. The molecule has 0 bridgehead atoms. The smallest absolute Gasteiger partial charge is 0.319 e. The molecule has 0 radical (unpaired) electrons. The zero-order valence-corrected chi connectivity index (χ0v) is 22.0. The van der Waals surface area contributed by atoms with Crippen LogP contribution in [0.4, 0.5) is 10.5 Å². The number of urea groups is 1. The number of aromatic nitrogens is 1. The summed E-state index contributed by atoms with van der Waals surface area (Å²) in [5.74, 6) is 0.169. The van der Waals surface area contributed by atoms with E-state index in [2.05, 4.69) is 44.8 Å². The van der Waals surface area contributed by atoms with Gasteiger partial charge in [0.15, 0.2) is 0 Å². The predicted octanol–water partition coefficient (Wildman–Crippen LogP) is 4.51. The van der Waals surface area contributed by atoms with Crippen LogP contribution in [0.25, 0.3) is 0 Å². The Morgan fingerprint density at radius 1 is 0.946 bits per heavy atom. The highest BCUT2D eigenvalue weighted by atomic mass is 16.2. The van der Waals surface area contributed by atoms with Gasteiger partial charge >= 0.3 is 6.03 Å². The van der Waals surface area contributed by atoms with Crippen LogP contribution < -0.4 is 10.6 Å². The van der Waals surface area contributed by atoms with Gasteiger partial charge in [0.2, 0.25) is 5.91 Å². The van der Waals surface area contributed by atoms with Gasteiger partial charge in [-0.2, -0.15) is 0 Å². The lowest BCUT2D eigenvalue weighted by molar-refractivity contribution is -0.138. The fourth-order valence-electron chi connectivity index (χ4n) is 5.25. The molecule has 37 heavy (non-hydrogen) atoms. The largest absolute Gasteiger partial charge is 0.341 e. The molecule has 2 N–H and O–H groups in total. The van der Waals surface area contributed by atoms with Crippen molar-refractivity contribution in [3.05, 3.63) is 95.3 Å². The third-order valence-electron chi connectivity index (χ3n) is 7.11. The van der Waals surface area contributed by atoms with Crippen LogP contribution in [-0.2, 0) is 16.8 Å². The summed E-state index contributed by atoms with van der Waals surface area (Å²) in [6, 6.07) is 23.8. The van der Waals surface area contributed by atoms with Gasteiger partial charge in [-0.15, -0.1) is 0 Å². The number of aryl methyl sites for hydroxylation is 2. The molecule has 2 heterocycles. The molecule has 1 fully saturated rings. The van der Waals surface area contributed by atoms with Gasteiger partial charge in [-0.25, -0.2) is 4.79 Å². The molecule has 0 spiro atoms. The Labute approximate surface area is 219 Å². The second-order valence-electron chi connectivity index (χ2n) is 9.96. The lowest BCUT2D eigenvalue weighted by Gasteiger charge is -2.43. The molecule has 3 amide bonds. The molecular weight excluding hydrogens is 462 g/mol. The maximum atomic E-state index is 13.9. The molecule has 1 aliphatic heterocycles. The summed E-state index contributed by atoms with van der Waals surface area (Å²) in [6.45, 7) is 7.28. The predicted molar refractivity (Wildman–Crippen MR) is 147 cm³/mol. The van der Waals surface area contributed by atoms with Crippen molar-refractivity contribution in [1.29, 1.82) is 0 Å². The van der Waals surface area contributed by atoms with Gasteiger partial charge in [0.1, 0.15) is 0 Å². The van der Waals surface area contributed by atoms with Gasteiger partial charge in [0, 0.05) is 43.8 Å². The van der Waals surface area contributed by atoms with Crippen molar-refractivity contribution in [2.45, 2.75) is 38.6 Å². The van der Waals surface area contributed by atoms with Crippen molar-refractivity contribution < 1.29 is 9.59 Å². The van der Waals surface area contributed by atoms with Crippen LogP contribution in [0.15, 0.2) is 72.8 Å². The first-order valence-corrected chi connectivity index (χ1v) is 12.9. The third kappa shape index (κ3) is 6.74. The molecule has 1 aliphatic rings. The number of likely N-dealkylation sites (tertiary alicyclic amines) is 1. The molecule has 0 aliphatic carbocycles. The summed E-state index contributed by atoms with van der Waals surface area (Å²) in [4.78, 5) is 34.8. The van der Waals surface area contributed by atoms with Gasteiger partial charge in [-0.05, 0) is 63.0 Å². The first-order chi connectivity index (χ1) is 17.9. The van der Waals surface area contributed by atoms with Crippen LogP contribution in [0.2, 0.25) is 0 Å². The van der Waals surface area contributed by atoms with E-state index < -0.39 is 5.41 Å². The van der Waals surface area contributed by atoms with Gasteiger partial charge in [0.05, 0.1) is 5.41 Å². The van der Waals surface area contributed by atoms with Crippen LogP contribution in [0.3, 0.4) is 0 Å². The van der Waals surface area contributed by atoms with E-state index in [1.165, 1.54) is 0 Å². The van der Waals surface area contributed by atoms with Crippen molar-refractivity contribution in [1.82, 2.24) is 20.1 Å². The van der Waals surface area contributed by atoms with Gasteiger partial charge in [0.25, 0.3) is 0 Å². The molecule has 194 valence electrons. The van der Waals surface area contributed by atoms with Crippen LogP contribution in [0.1, 0.15) is 35.4 Å². The SMILES string of the molecule is Cc1cc(NC(=O)NCCN2CCC(C(=O)N(C)Cc3ccccc3)(c3ccccc3)CC2)cc(C)n1. The fourth-order valence-corrected chi connectivity index (χ4v) is 5.25. The molecular formula is C30H37N5O2. The molecule has 0 unspecified atom stereocenters. The number of hydrogen-bond acceptors (Lipinski definition) is 4. The fraction of sp³-hybridized carbons (Fsp3) is 0.367. The zero-order valence-electron chi connectivity index (χ0n) is 22.0. The van der Waals surface area contributed by atoms with E-state index in [0.29, 0.717) is 13.1 Å². The number of likely N-dealkylation sites (N-methyl/N-ethyl adjacent to an activating group) is 1. The number of hydrogen-bond donors (Lipinski definition) is 2. The molecule has 0 atom stereocenters. The number of pyridine rings is 1. The summed E-state index contributed by atoms with van der Waals surface area (Å²) >= 11 is 0. The lowest BCUT2D eigenvalue weighted by atomic mass is 9.71. The maximum Gasteiger partial charge on any atom is 0.319 e. The van der Waals surface area contributed by atoms with Crippen molar-refractivity contribution >= 4 is 17.6 Å². The Morgan fingerprint density at radius 2 is 1.54 bits per heavy atom. The number of carbonyl (C=O) groups excluding carboxylic acids is 2. The molecule has 1 saturated heterocycles. The Balaban J connectivity index is 1.34. The number of nitrogens with one attached hydrogen (secondary N) is 2. The second kappa shape index (κ2) is 12.0. The quantitative estimate of drug-likeness (QED) is 0.478. The number of piperidine rings is 1. The first-order valence-electron chi connectivity index (χ1n) is 12.9. The lowest BCUT2D eigenvalue weighted by Crippen LogP contribution is -2.52. The summed E-state index contributed by atoms with van der Waals surface area (Å²) in [7, 11) is 1.90. The summed E-state index contributed by atoms with van der Waals surface area (Å²) in [6.07, 6.45) is 1.49. The van der Waals surface area contributed by atoms with Crippen molar-refractivity contribution in [2.75, 3.05) is 38.5 Å². The average Bonchev–Trinajstić information content (AvgIpc) is 2.89. The minimum Gasteiger partial charge on any atom is -0.341 e. The zero-order chi connectivity index (χ0) is 26.3. The Morgan fingerprint density at radius 3 is 2.16 bits per heavy atom. The molecule has 7 heteroatoms. The van der Waals surface area contributed by atoms with E-state index in [0.717, 1.165) is 60.7 Å². The minimum absolute atomic E-state index is 0.169. The minimum atomic E-state index is -0.539. The van der Waals surface area contributed by atoms with E-state index in [1.54, 1.807) is 0 Å². The highest BCUT2D eigenvalue weighted by molar-refractivity contribution is 5.89. The summed E-state index contributed by atoms with van der Waals surface area (Å²) in [5, 5.41) is 5.84. The molecule has 2 aromatic carbocycles. The molecule has 0 saturated carbocycles. The van der Waals surface area contributed by atoms with E-state index in [-0.39, 0.29) is 11.9 Å². The first kappa shape index (κ1) is 26.4. The number of benzene rings is 2. The normalized spacial score (nSPS) is 15.1. The number of amides is 3. The monoisotopic (exact) mass is 499 g/mol. The van der Waals surface area contributed by atoms with E-state index in [9.17, 15) is 9.59 Å². The van der Waals surface area contributed by atoms with E-state index in [4.69, 9.17) is 0 Å². The highest BCUT2D eigenvalue weighted by Gasteiger charge is 2.44. The van der Waals surface area contributed by atoms with Crippen LogP contribution in [0, 0.1) is 13.8 Å². The van der Waals surface area contributed by atoms with Crippen molar-refractivity contribution in [3.63, 3.8) is 0 Å². The van der Waals surface area contributed by atoms with Gasteiger partial charge in [-0.1, -0.05) is 60.7 Å². The van der Waals surface area contributed by atoms with Gasteiger partial charge in [-0.3, -0.25) is 9.78 Å². The van der Waals surface area contributed by atoms with E-state index in [1.807, 2.05) is 74.3 Å². The molecule has 7 nitrogen and oxygen atoms in total. The topological polar surface area (TPSA) is 77.6 Å². The highest BCUT2D eigenvalue weighted by Crippen LogP contribution is 2.37. The Bertz CT molecular complexity index is 1170. The summed E-state index contributed by atoms with van der Waals surface area (Å²) < 4.78 is 0. The molecule has 3 aromatic rings. The van der Waals surface area contributed by atoms with Crippen molar-refractivity contribution in [2.24, 2.45) is 0 Å². The van der Waals surface area contributed by atoms with Crippen molar-refractivity contribution in [3.8, 4) is 0 Å². The maximum absolute atomic E-state index is 13.9. The summed E-state index contributed by atoms with van der Waals surface area (Å²) in [5.41, 5.74) is 4.15. The molecule has 4 rings (SSSR count).